The second-order valence-electron chi connectivity index (χ2n) is 5.28. The van der Waals surface area contributed by atoms with Crippen LogP contribution in [0.25, 0.3) is 0 Å². The molecule has 5 nitrogen and oxygen atoms in total. The van der Waals surface area contributed by atoms with Crippen molar-refractivity contribution in [3.8, 4) is 5.75 Å². The van der Waals surface area contributed by atoms with Crippen LogP contribution in [0.5, 0.6) is 5.75 Å². The second kappa shape index (κ2) is 6.06. The Morgan fingerprint density at radius 3 is 2.77 bits per heavy atom. The molecule has 0 amide bonds. The van der Waals surface area contributed by atoms with E-state index in [1.807, 2.05) is 24.3 Å². The van der Waals surface area contributed by atoms with E-state index in [2.05, 4.69) is 4.98 Å². The van der Waals surface area contributed by atoms with Crippen molar-refractivity contribution in [2.75, 3.05) is 20.2 Å². The third-order valence-electron chi connectivity index (χ3n) is 4.00. The predicted octanol–water partition coefficient (Wildman–Crippen LogP) is 2.27. The minimum atomic E-state index is -3.47. The summed E-state index contributed by atoms with van der Waals surface area (Å²) >= 11 is 0. The molecule has 116 valence electrons. The van der Waals surface area contributed by atoms with Crippen LogP contribution in [0.1, 0.15) is 17.9 Å². The Kier molecular flexibility index (Phi) is 4.13. The lowest BCUT2D eigenvalue weighted by Gasteiger charge is -2.17. The maximum absolute atomic E-state index is 12.6. The van der Waals surface area contributed by atoms with Crippen LogP contribution in [0.4, 0.5) is 0 Å². The molecule has 2 heterocycles. The second-order valence-corrected chi connectivity index (χ2v) is 7.22. The molecule has 0 aliphatic carbocycles. The van der Waals surface area contributed by atoms with Gasteiger partial charge in [-0.2, -0.15) is 4.31 Å². The first kappa shape index (κ1) is 15.0. The molecule has 1 saturated heterocycles. The predicted molar refractivity (Wildman–Crippen MR) is 83.3 cm³/mol. The molecule has 0 radical (unpaired) electrons. The van der Waals surface area contributed by atoms with Gasteiger partial charge in [0.15, 0.2) is 0 Å². The fraction of sp³-hybridized carbons (Fsp3) is 0.312. The molecule has 1 unspecified atom stereocenters. The number of nitrogens with zero attached hydrogens (tertiary/aromatic N) is 2. The van der Waals surface area contributed by atoms with Crippen LogP contribution >= 0.6 is 0 Å². The number of hydrogen-bond donors (Lipinski definition) is 0. The van der Waals surface area contributed by atoms with Crippen molar-refractivity contribution in [2.24, 2.45) is 0 Å². The van der Waals surface area contributed by atoms with Crippen LogP contribution in [0.3, 0.4) is 0 Å². The topological polar surface area (TPSA) is 59.5 Å². The first-order chi connectivity index (χ1) is 10.6. The van der Waals surface area contributed by atoms with Gasteiger partial charge in [0.1, 0.15) is 10.6 Å². The van der Waals surface area contributed by atoms with Gasteiger partial charge in [-0.15, -0.1) is 0 Å². The zero-order valence-corrected chi connectivity index (χ0v) is 13.2. The molecule has 1 aromatic carbocycles. The fourth-order valence-corrected chi connectivity index (χ4v) is 4.32. The van der Waals surface area contributed by atoms with Crippen LogP contribution in [-0.2, 0) is 10.0 Å². The van der Waals surface area contributed by atoms with Crippen LogP contribution in [0.2, 0.25) is 0 Å². The number of ether oxygens (including phenoxy) is 1. The first-order valence-corrected chi connectivity index (χ1v) is 8.60. The smallest absolute Gasteiger partial charge is 0.244 e. The highest BCUT2D eigenvalue weighted by molar-refractivity contribution is 7.89. The van der Waals surface area contributed by atoms with Crippen molar-refractivity contribution in [1.82, 2.24) is 9.29 Å². The zero-order valence-electron chi connectivity index (χ0n) is 12.3. The third-order valence-corrected chi connectivity index (χ3v) is 5.85. The Hall–Kier alpha value is -1.92. The Labute approximate surface area is 130 Å². The quantitative estimate of drug-likeness (QED) is 0.867. The lowest BCUT2D eigenvalue weighted by molar-refractivity contribution is 0.405. The Morgan fingerprint density at radius 2 is 2.05 bits per heavy atom. The van der Waals surface area contributed by atoms with Gasteiger partial charge in [0.25, 0.3) is 0 Å². The molecule has 2 aromatic rings. The van der Waals surface area contributed by atoms with Crippen LogP contribution in [0.15, 0.2) is 53.7 Å². The Bertz CT molecular complexity index is 747. The monoisotopic (exact) mass is 318 g/mol. The fourth-order valence-electron chi connectivity index (χ4n) is 2.85. The maximum Gasteiger partial charge on any atom is 0.244 e. The third kappa shape index (κ3) is 2.71. The first-order valence-electron chi connectivity index (χ1n) is 7.16. The van der Waals surface area contributed by atoms with E-state index in [-0.39, 0.29) is 10.8 Å². The van der Waals surface area contributed by atoms with Gasteiger partial charge in [-0.25, -0.2) is 8.42 Å². The van der Waals surface area contributed by atoms with Crippen molar-refractivity contribution in [1.29, 1.82) is 0 Å². The molecule has 1 aliphatic heterocycles. The van der Waals surface area contributed by atoms with Crippen molar-refractivity contribution >= 4 is 10.0 Å². The van der Waals surface area contributed by atoms with Crippen molar-refractivity contribution in [3.63, 3.8) is 0 Å². The molecule has 0 spiro atoms. The van der Waals surface area contributed by atoms with E-state index in [0.29, 0.717) is 13.1 Å². The molecule has 6 heteroatoms. The van der Waals surface area contributed by atoms with Gasteiger partial charge in [-0.3, -0.25) is 4.98 Å². The lowest BCUT2D eigenvalue weighted by atomic mass is 9.97. The summed E-state index contributed by atoms with van der Waals surface area (Å²) in [6, 6.07) is 11.0. The minimum Gasteiger partial charge on any atom is -0.496 e. The van der Waals surface area contributed by atoms with Crippen molar-refractivity contribution in [3.05, 3.63) is 54.4 Å². The minimum absolute atomic E-state index is 0.155. The number of para-hydroxylation sites is 1. The summed E-state index contributed by atoms with van der Waals surface area (Å²) in [7, 11) is -1.83. The van der Waals surface area contributed by atoms with E-state index in [0.717, 1.165) is 17.7 Å². The summed E-state index contributed by atoms with van der Waals surface area (Å²) < 4.78 is 32.2. The molecule has 3 rings (SSSR count). The standard InChI is InChI=1S/C16H18N2O3S/c1-21-16-7-3-2-6-15(16)13-8-10-18(12-13)22(19,20)14-5-4-9-17-11-14/h2-7,9,11,13H,8,10,12H2,1H3. The number of aromatic nitrogens is 1. The molecule has 22 heavy (non-hydrogen) atoms. The summed E-state index contributed by atoms with van der Waals surface area (Å²) in [6.07, 6.45) is 3.76. The number of pyridine rings is 1. The van der Waals surface area contributed by atoms with E-state index < -0.39 is 10.0 Å². The summed E-state index contributed by atoms with van der Waals surface area (Å²) in [5.74, 6) is 0.968. The molecule has 0 N–H and O–H groups in total. The summed E-state index contributed by atoms with van der Waals surface area (Å²) in [6.45, 7) is 0.984. The van der Waals surface area contributed by atoms with Gasteiger partial charge in [0, 0.05) is 31.4 Å². The number of rotatable bonds is 4. The van der Waals surface area contributed by atoms with Gasteiger partial charge in [0.05, 0.1) is 7.11 Å². The zero-order chi connectivity index (χ0) is 15.6. The van der Waals surface area contributed by atoms with E-state index >= 15 is 0 Å². The molecule has 0 bridgehead atoms. The number of benzene rings is 1. The molecule has 1 fully saturated rings. The summed E-state index contributed by atoms with van der Waals surface area (Å²) in [4.78, 5) is 4.15. The summed E-state index contributed by atoms with van der Waals surface area (Å²) in [5.41, 5.74) is 1.06. The normalized spacial score (nSPS) is 19.2. The number of methoxy groups -OCH3 is 1. The highest BCUT2D eigenvalue weighted by atomic mass is 32.2. The van der Waals surface area contributed by atoms with Gasteiger partial charge in [0.2, 0.25) is 10.0 Å². The molecule has 1 aliphatic rings. The van der Waals surface area contributed by atoms with E-state index in [1.165, 1.54) is 10.5 Å². The van der Waals surface area contributed by atoms with E-state index in [9.17, 15) is 8.42 Å². The largest absolute Gasteiger partial charge is 0.496 e. The number of sulfonamides is 1. The summed E-state index contributed by atoms with van der Waals surface area (Å²) in [5, 5.41) is 0. The van der Waals surface area contributed by atoms with E-state index in [4.69, 9.17) is 4.74 Å². The average Bonchev–Trinajstić information content (AvgIpc) is 3.06. The highest BCUT2D eigenvalue weighted by Gasteiger charge is 2.34. The Balaban J connectivity index is 1.83. The SMILES string of the molecule is COc1ccccc1C1CCN(S(=O)(=O)c2cccnc2)C1. The van der Waals surface area contributed by atoms with E-state index in [1.54, 1.807) is 25.4 Å². The van der Waals surface area contributed by atoms with Crippen LogP contribution in [-0.4, -0.2) is 37.9 Å². The molecular formula is C16H18N2O3S. The highest BCUT2D eigenvalue weighted by Crippen LogP contribution is 2.35. The van der Waals surface area contributed by atoms with Crippen molar-refractivity contribution in [2.45, 2.75) is 17.2 Å². The molecule has 1 aromatic heterocycles. The lowest BCUT2D eigenvalue weighted by Crippen LogP contribution is -2.28. The Morgan fingerprint density at radius 1 is 1.23 bits per heavy atom. The van der Waals surface area contributed by atoms with Crippen LogP contribution in [0, 0.1) is 0 Å². The van der Waals surface area contributed by atoms with Crippen LogP contribution < -0.4 is 4.74 Å². The molecular weight excluding hydrogens is 300 g/mol. The molecule has 1 atom stereocenters. The van der Waals surface area contributed by atoms with Gasteiger partial charge >= 0.3 is 0 Å². The van der Waals surface area contributed by atoms with Gasteiger partial charge in [-0.05, 0) is 30.2 Å². The van der Waals surface area contributed by atoms with Crippen molar-refractivity contribution < 1.29 is 13.2 Å². The maximum atomic E-state index is 12.6. The number of hydrogen-bond acceptors (Lipinski definition) is 4. The van der Waals surface area contributed by atoms with Gasteiger partial charge < -0.3 is 4.74 Å². The van der Waals surface area contributed by atoms with Gasteiger partial charge in [-0.1, -0.05) is 18.2 Å². The molecule has 0 saturated carbocycles. The average molecular weight is 318 g/mol.